The minimum absolute atomic E-state index is 0.440. The molecule has 3 N–H and O–H groups in total. The van der Waals surface area contributed by atoms with E-state index in [1.165, 1.54) is 0 Å². The van der Waals surface area contributed by atoms with E-state index in [-0.39, 0.29) is 0 Å². The molecule has 1 unspecified atom stereocenters. The van der Waals surface area contributed by atoms with Crippen LogP contribution < -0.4 is 10.6 Å². The topological polar surface area (TPSA) is 81.7 Å². The minimum atomic E-state index is -1.02. The van der Waals surface area contributed by atoms with Gasteiger partial charge in [-0.15, -0.1) is 0 Å². The van der Waals surface area contributed by atoms with E-state index in [1.807, 2.05) is 7.05 Å². The molecule has 0 aromatic rings. The van der Waals surface area contributed by atoms with E-state index < -0.39 is 23.5 Å². The number of likely N-dealkylation sites (N-methyl/N-ethyl adjacent to an activating group) is 1. The Balaban J connectivity index is 4.20. The van der Waals surface area contributed by atoms with Crippen LogP contribution in [0.25, 0.3) is 0 Å². The zero-order valence-electron chi connectivity index (χ0n) is 13.5. The Bertz CT molecular complexity index is 326. The van der Waals surface area contributed by atoms with Crippen LogP contribution in [0.5, 0.6) is 0 Å². The summed E-state index contributed by atoms with van der Waals surface area (Å²) in [6.45, 7) is 10.8. The predicted octanol–water partition coefficient (Wildman–Crippen LogP) is 1.52. The van der Waals surface area contributed by atoms with E-state index >= 15 is 0 Å². The van der Waals surface area contributed by atoms with E-state index in [1.54, 1.807) is 20.8 Å². The number of urea groups is 1. The highest BCUT2D eigenvalue weighted by Crippen LogP contribution is 2.19. The van der Waals surface area contributed by atoms with Crippen molar-refractivity contribution in [2.75, 3.05) is 20.1 Å². The molecule has 0 aliphatic rings. The highest BCUT2D eigenvalue weighted by molar-refractivity contribution is 5.83. The van der Waals surface area contributed by atoms with Gasteiger partial charge in [0.2, 0.25) is 0 Å². The molecule has 0 saturated heterocycles. The minimum Gasteiger partial charge on any atom is -0.480 e. The first kappa shape index (κ1) is 18.7. The maximum absolute atomic E-state index is 11.7. The summed E-state index contributed by atoms with van der Waals surface area (Å²) in [7, 11) is 2.00. The van der Waals surface area contributed by atoms with Crippen LogP contribution in [0.15, 0.2) is 0 Å². The summed E-state index contributed by atoms with van der Waals surface area (Å²) < 4.78 is 0. The molecular weight excluding hydrogens is 258 g/mol. The molecule has 0 aromatic heterocycles. The molecule has 0 rings (SSSR count). The lowest BCUT2D eigenvalue weighted by Gasteiger charge is -2.28. The summed E-state index contributed by atoms with van der Waals surface area (Å²) in [5, 5.41) is 14.3. The first-order chi connectivity index (χ1) is 9.09. The molecule has 0 fully saturated rings. The molecular formula is C14H29N3O3. The van der Waals surface area contributed by atoms with E-state index in [9.17, 15) is 9.59 Å². The van der Waals surface area contributed by atoms with Gasteiger partial charge in [0, 0.05) is 19.1 Å². The van der Waals surface area contributed by atoms with Gasteiger partial charge >= 0.3 is 12.0 Å². The summed E-state index contributed by atoms with van der Waals surface area (Å²) in [4.78, 5) is 25.0. The van der Waals surface area contributed by atoms with Crippen molar-refractivity contribution in [2.24, 2.45) is 5.41 Å². The normalized spacial score (nSPS) is 14.8. The van der Waals surface area contributed by atoms with Crippen LogP contribution in [0, 0.1) is 5.41 Å². The number of carboxylic acids is 1. The summed E-state index contributed by atoms with van der Waals surface area (Å²) in [5.41, 5.74) is -0.531. The van der Waals surface area contributed by atoms with Crippen molar-refractivity contribution in [3.8, 4) is 0 Å². The monoisotopic (exact) mass is 287 g/mol. The second-order valence-corrected chi connectivity index (χ2v) is 6.28. The number of hydrogen-bond donors (Lipinski definition) is 3. The number of carboxylic acid groups (broad SMARTS) is 1. The fourth-order valence-corrected chi connectivity index (χ4v) is 1.71. The lowest BCUT2D eigenvalue weighted by Crippen LogP contribution is -2.53. The molecule has 0 saturated carbocycles. The summed E-state index contributed by atoms with van der Waals surface area (Å²) in [5.74, 6) is -1.02. The fourth-order valence-electron chi connectivity index (χ4n) is 1.71. The largest absolute Gasteiger partial charge is 0.480 e. The standard InChI is InChI=1S/C14H29N3O3/c1-7-10(2)17(6)9-8-15-13(20)16-11(12(18)19)14(3,4)5/h10-11H,7-9H2,1-6H3,(H,18,19)(H2,15,16,20)/t10?,11-/m0/s1. The number of nitrogens with one attached hydrogen (secondary N) is 2. The third-order valence-electron chi connectivity index (χ3n) is 3.48. The Hall–Kier alpha value is -1.30. The summed E-state index contributed by atoms with van der Waals surface area (Å²) in [6, 6.07) is -0.888. The number of rotatable bonds is 7. The average molecular weight is 287 g/mol. The summed E-state index contributed by atoms with van der Waals surface area (Å²) >= 11 is 0. The predicted molar refractivity (Wildman–Crippen MR) is 79.8 cm³/mol. The number of nitrogens with zero attached hydrogens (tertiary/aromatic N) is 1. The van der Waals surface area contributed by atoms with Gasteiger partial charge in [0.25, 0.3) is 0 Å². The van der Waals surface area contributed by atoms with Crippen LogP contribution in [-0.2, 0) is 4.79 Å². The number of carbonyl (C=O) groups is 2. The maximum Gasteiger partial charge on any atom is 0.326 e. The first-order valence-corrected chi connectivity index (χ1v) is 7.07. The van der Waals surface area contributed by atoms with E-state index in [0.717, 1.165) is 13.0 Å². The molecule has 6 nitrogen and oxygen atoms in total. The third kappa shape index (κ3) is 6.75. The van der Waals surface area contributed by atoms with Crippen molar-refractivity contribution < 1.29 is 14.7 Å². The van der Waals surface area contributed by atoms with Crippen molar-refractivity contribution in [3.63, 3.8) is 0 Å². The molecule has 20 heavy (non-hydrogen) atoms. The van der Waals surface area contributed by atoms with Crippen molar-refractivity contribution in [1.82, 2.24) is 15.5 Å². The average Bonchev–Trinajstić information content (AvgIpc) is 2.32. The van der Waals surface area contributed by atoms with Gasteiger partial charge in [0.15, 0.2) is 0 Å². The fraction of sp³-hybridized carbons (Fsp3) is 0.857. The van der Waals surface area contributed by atoms with E-state index in [2.05, 4.69) is 29.4 Å². The molecule has 2 amide bonds. The highest BCUT2D eigenvalue weighted by atomic mass is 16.4. The maximum atomic E-state index is 11.7. The van der Waals surface area contributed by atoms with Gasteiger partial charge in [-0.3, -0.25) is 0 Å². The molecule has 0 radical (unpaired) electrons. The molecule has 0 bridgehead atoms. The van der Waals surface area contributed by atoms with Gasteiger partial charge in [-0.25, -0.2) is 9.59 Å². The van der Waals surface area contributed by atoms with Crippen LogP contribution in [0.4, 0.5) is 4.79 Å². The van der Waals surface area contributed by atoms with Crippen molar-refractivity contribution in [1.29, 1.82) is 0 Å². The smallest absolute Gasteiger partial charge is 0.326 e. The SMILES string of the molecule is CCC(C)N(C)CCNC(=O)N[C@@H](C(=O)O)C(C)(C)C. The first-order valence-electron chi connectivity index (χ1n) is 7.07. The Kier molecular flexibility index (Phi) is 7.57. The Morgan fingerprint density at radius 3 is 2.25 bits per heavy atom. The van der Waals surface area contributed by atoms with Gasteiger partial charge in [-0.05, 0) is 25.8 Å². The molecule has 0 spiro atoms. The van der Waals surface area contributed by atoms with E-state index in [4.69, 9.17) is 5.11 Å². The molecule has 6 heteroatoms. The van der Waals surface area contributed by atoms with Crippen molar-refractivity contribution in [2.45, 2.75) is 53.1 Å². The molecule has 2 atom stereocenters. The number of carbonyl (C=O) groups excluding carboxylic acids is 1. The number of hydrogen-bond acceptors (Lipinski definition) is 3. The van der Waals surface area contributed by atoms with E-state index in [0.29, 0.717) is 12.6 Å². The molecule has 0 aliphatic carbocycles. The van der Waals surface area contributed by atoms with Crippen LogP contribution >= 0.6 is 0 Å². The lowest BCUT2D eigenvalue weighted by molar-refractivity contribution is -0.141. The van der Waals surface area contributed by atoms with Gasteiger partial charge in [0.1, 0.15) is 6.04 Å². The molecule has 118 valence electrons. The second kappa shape index (κ2) is 8.09. The quantitative estimate of drug-likeness (QED) is 0.663. The lowest BCUT2D eigenvalue weighted by atomic mass is 9.87. The molecule has 0 aliphatic heterocycles. The van der Waals surface area contributed by atoms with Gasteiger partial charge in [0.05, 0.1) is 0 Å². The van der Waals surface area contributed by atoms with Crippen LogP contribution in [-0.4, -0.2) is 54.2 Å². The zero-order valence-corrected chi connectivity index (χ0v) is 13.5. The number of aliphatic carboxylic acids is 1. The molecule has 0 aromatic carbocycles. The highest BCUT2D eigenvalue weighted by Gasteiger charge is 2.32. The van der Waals surface area contributed by atoms with Crippen LogP contribution in [0.2, 0.25) is 0 Å². The Labute approximate surface area is 121 Å². The summed E-state index contributed by atoms with van der Waals surface area (Å²) in [6.07, 6.45) is 1.05. The van der Waals surface area contributed by atoms with Gasteiger partial charge < -0.3 is 20.6 Å². The second-order valence-electron chi connectivity index (χ2n) is 6.28. The molecule has 0 heterocycles. The van der Waals surface area contributed by atoms with Crippen LogP contribution in [0.1, 0.15) is 41.0 Å². The van der Waals surface area contributed by atoms with Crippen LogP contribution in [0.3, 0.4) is 0 Å². The third-order valence-corrected chi connectivity index (χ3v) is 3.48. The Morgan fingerprint density at radius 2 is 1.85 bits per heavy atom. The zero-order chi connectivity index (χ0) is 15.9. The van der Waals surface area contributed by atoms with Crippen molar-refractivity contribution >= 4 is 12.0 Å². The Morgan fingerprint density at radius 1 is 1.30 bits per heavy atom. The van der Waals surface area contributed by atoms with Crippen molar-refractivity contribution in [3.05, 3.63) is 0 Å². The van der Waals surface area contributed by atoms with Gasteiger partial charge in [-0.1, -0.05) is 27.7 Å². The number of amides is 2. The van der Waals surface area contributed by atoms with Gasteiger partial charge in [-0.2, -0.15) is 0 Å².